The molecule has 2 heteroatoms. The molecular formula is C31H32S2. The fourth-order valence-electron chi connectivity index (χ4n) is 4.07. The summed E-state index contributed by atoms with van der Waals surface area (Å²) >= 11 is 3.95. The van der Waals surface area contributed by atoms with Crippen LogP contribution in [0.1, 0.15) is 53.9 Å². The molecular weight excluding hydrogens is 436 g/mol. The number of benzene rings is 3. The third-order valence-corrected chi connectivity index (χ3v) is 8.97. The van der Waals surface area contributed by atoms with Gasteiger partial charge >= 0.3 is 0 Å². The minimum atomic E-state index is 0.395. The molecule has 168 valence electrons. The zero-order valence-electron chi connectivity index (χ0n) is 19.6. The Balaban J connectivity index is 1.57. The summed E-state index contributed by atoms with van der Waals surface area (Å²) < 4.78 is 1.39. The smallest absolute Gasteiger partial charge is 0.0485 e. The van der Waals surface area contributed by atoms with Crippen LogP contribution in [0.3, 0.4) is 0 Å². The summed E-state index contributed by atoms with van der Waals surface area (Å²) in [6.07, 6.45) is 9.45. The maximum absolute atomic E-state index is 2.38. The van der Waals surface area contributed by atoms with Gasteiger partial charge in [-0.1, -0.05) is 122 Å². The van der Waals surface area contributed by atoms with Crippen LogP contribution in [-0.2, 0) is 0 Å². The summed E-state index contributed by atoms with van der Waals surface area (Å²) in [5.41, 5.74) is 5.46. The third kappa shape index (κ3) is 6.34. The lowest BCUT2D eigenvalue weighted by molar-refractivity contribution is 0.644. The van der Waals surface area contributed by atoms with Crippen LogP contribution in [0.2, 0.25) is 0 Å². The van der Waals surface area contributed by atoms with E-state index in [0.29, 0.717) is 22.3 Å². The van der Waals surface area contributed by atoms with Crippen LogP contribution in [0.15, 0.2) is 125 Å². The van der Waals surface area contributed by atoms with Crippen molar-refractivity contribution >= 4 is 23.5 Å². The van der Waals surface area contributed by atoms with E-state index >= 15 is 0 Å². The summed E-state index contributed by atoms with van der Waals surface area (Å²) in [6, 6.07) is 32.5. The Bertz CT molecular complexity index is 1030. The Morgan fingerprint density at radius 3 is 1.39 bits per heavy atom. The molecule has 3 atom stereocenters. The van der Waals surface area contributed by atoms with E-state index < -0.39 is 0 Å². The van der Waals surface area contributed by atoms with E-state index in [1.54, 1.807) is 0 Å². The minimum Gasteiger partial charge on any atom is -0.111 e. The molecule has 0 saturated carbocycles. The average Bonchev–Trinajstić information content (AvgIpc) is 2.89. The first-order valence-corrected chi connectivity index (χ1v) is 13.5. The van der Waals surface area contributed by atoms with Gasteiger partial charge in [-0.25, -0.2) is 0 Å². The molecule has 0 radical (unpaired) electrons. The molecule has 0 bridgehead atoms. The molecule has 0 nitrogen and oxygen atoms in total. The first-order chi connectivity index (χ1) is 16.1. The van der Waals surface area contributed by atoms with E-state index in [-0.39, 0.29) is 0 Å². The first-order valence-electron chi connectivity index (χ1n) is 11.7. The Hall–Kier alpha value is -2.42. The number of hydrogen-bond acceptors (Lipinski definition) is 2. The lowest BCUT2D eigenvalue weighted by atomic mass is 9.84. The van der Waals surface area contributed by atoms with Crippen molar-refractivity contribution in [2.24, 2.45) is 5.92 Å². The van der Waals surface area contributed by atoms with Gasteiger partial charge in [0.1, 0.15) is 0 Å². The molecule has 0 amide bonds. The Labute approximate surface area is 207 Å². The minimum absolute atomic E-state index is 0.395. The van der Waals surface area contributed by atoms with Gasteiger partial charge in [0.05, 0.1) is 0 Å². The second kappa shape index (κ2) is 11.6. The van der Waals surface area contributed by atoms with Crippen LogP contribution < -0.4 is 0 Å². The second-order valence-corrected chi connectivity index (χ2v) is 11.5. The summed E-state index contributed by atoms with van der Waals surface area (Å²) in [5, 5.41) is 0.791. The highest BCUT2D eigenvalue weighted by Gasteiger charge is 2.20. The molecule has 0 heterocycles. The Morgan fingerprint density at radius 1 is 0.576 bits per heavy atom. The van der Waals surface area contributed by atoms with Crippen LogP contribution in [0, 0.1) is 5.92 Å². The van der Waals surface area contributed by atoms with Crippen molar-refractivity contribution in [1.82, 2.24) is 0 Å². The number of hydrogen-bond donors (Lipinski definition) is 0. The summed E-state index contributed by atoms with van der Waals surface area (Å²) in [5.74, 6) is 0.890. The molecule has 3 unspecified atom stereocenters. The second-order valence-electron chi connectivity index (χ2n) is 8.58. The van der Waals surface area contributed by atoms with Crippen LogP contribution in [0.4, 0.5) is 0 Å². The maximum atomic E-state index is 2.38. The predicted molar refractivity (Wildman–Crippen MR) is 149 cm³/mol. The third-order valence-electron chi connectivity index (χ3n) is 6.24. The lowest BCUT2D eigenvalue weighted by Crippen LogP contribution is -2.07. The predicted octanol–water partition coefficient (Wildman–Crippen LogP) is 9.73. The van der Waals surface area contributed by atoms with Gasteiger partial charge in [0, 0.05) is 20.7 Å². The van der Waals surface area contributed by atoms with E-state index in [2.05, 4.69) is 136 Å². The molecule has 4 rings (SSSR count). The molecule has 3 aromatic rings. The normalized spacial score (nSPS) is 18.0. The summed E-state index contributed by atoms with van der Waals surface area (Å²) in [4.78, 5) is 0. The zero-order valence-corrected chi connectivity index (χ0v) is 21.2. The number of rotatable bonds is 8. The van der Waals surface area contributed by atoms with Crippen molar-refractivity contribution < 1.29 is 0 Å². The average molecular weight is 469 g/mol. The molecule has 0 spiro atoms. The van der Waals surface area contributed by atoms with Crippen molar-refractivity contribution in [1.29, 1.82) is 0 Å². The van der Waals surface area contributed by atoms with Crippen molar-refractivity contribution in [2.75, 3.05) is 0 Å². The highest BCUT2D eigenvalue weighted by Crippen LogP contribution is 2.48. The maximum Gasteiger partial charge on any atom is 0.0485 e. The topological polar surface area (TPSA) is 0 Å². The molecule has 0 N–H and O–H groups in total. The molecule has 0 saturated heterocycles. The van der Waals surface area contributed by atoms with Crippen LogP contribution in [0.5, 0.6) is 0 Å². The van der Waals surface area contributed by atoms with Gasteiger partial charge in [0.25, 0.3) is 0 Å². The molecule has 0 fully saturated rings. The standard InChI is InChI=1S/C31H32S2/c1-23(26-13-7-4-8-14-26)27-19-21-30(22-20-27)31(32-24(2)28-15-9-5-10-16-28)33-25(3)29-17-11-6-12-18-29/h4-25,27H,1-3H3. The fraction of sp³-hybridized carbons (Fsp3) is 0.226. The van der Waals surface area contributed by atoms with Gasteiger partial charge in [-0.3, -0.25) is 0 Å². The van der Waals surface area contributed by atoms with Crippen molar-refractivity contribution in [3.05, 3.63) is 142 Å². The van der Waals surface area contributed by atoms with Crippen molar-refractivity contribution in [2.45, 2.75) is 37.2 Å². The Kier molecular flexibility index (Phi) is 8.36. The van der Waals surface area contributed by atoms with Crippen molar-refractivity contribution in [3.63, 3.8) is 0 Å². The molecule has 0 aromatic heterocycles. The molecule has 0 aliphatic heterocycles. The van der Waals surface area contributed by atoms with Crippen LogP contribution in [-0.4, -0.2) is 0 Å². The SMILES string of the molecule is CC(SC(SC(C)c1ccccc1)=C1C=CC(C(C)c2ccccc2)C=C1)c1ccccc1. The van der Waals surface area contributed by atoms with E-state index in [1.807, 2.05) is 23.5 Å². The molecule has 1 aliphatic carbocycles. The van der Waals surface area contributed by atoms with Gasteiger partial charge in [0.2, 0.25) is 0 Å². The van der Waals surface area contributed by atoms with Gasteiger partial charge in [-0.2, -0.15) is 0 Å². The zero-order chi connectivity index (χ0) is 23.0. The molecule has 33 heavy (non-hydrogen) atoms. The van der Waals surface area contributed by atoms with Gasteiger partial charge in [0.15, 0.2) is 0 Å². The van der Waals surface area contributed by atoms with E-state index in [1.165, 1.54) is 26.5 Å². The number of allylic oxidation sites excluding steroid dienone is 5. The van der Waals surface area contributed by atoms with E-state index in [4.69, 9.17) is 0 Å². The molecule has 1 aliphatic rings. The van der Waals surface area contributed by atoms with E-state index in [9.17, 15) is 0 Å². The lowest BCUT2D eigenvalue weighted by Gasteiger charge is -2.23. The molecule has 3 aromatic carbocycles. The summed E-state index contributed by atoms with van der Waals surface area (Å²) in [7, 11) is 0. The largest absolute Gasteiger partial charge is 0.111 e. The van der Waals surface area contributed by atoms with Crippen molar-refractivity contribution in [3.8, 4) is 0 Å². The Morgan fingerprint density at radius 2 is 0.970 bits per heavy atom. The van der Waals surface area contributed by atoms with Gasteiger partial charge in [-0.05, 0) is 42.0 Å². The quantitative estimate of drug-likeness (QED) is 0.323. The van der Waals surface area contributed by atoms with Crippen LogP contribution in [0.25, 0.3) is 0 Å². The van der Waals surface area contributed by atoms with E-state index in [0.717, 1.165) is 0 Å². The summed E-state index contributed by atoms with van der Waals surface area (Å²) in [6.45, 7) is 6.94. The highest BCUT2D eigenvalue weighted by atomic mass is 32.2. The highest BCUT2D eigenvalue weighted by molar-refractivity contribution is 8.22. The van der Waals surface area contributed by atoms with Gasteiger partial charge < -0.3 is 0 Å². The monoisotopic (exact) mass is 468 g/mol. The first kappa shape index (κ1) is 23.7. The number of thioether (sulfide) groups is 2. The van der Waals surface area contributed by atoms with Gasteiger partial charge in [-0.15, -0.1) is 23.5 Å². The van der Waals surface area contributed by atoms with Crippen LogP contribution >= 0.6 is 23.5 Å². The fourth-order valence-corrected chi connectivity index (χ4v) is 6.93.